The summed E-state index contributed by atoms with van der Waals surface area (Å²) in [6.07, 6.45) is 6.83. The van der Waals surface area contributed by atoms with Crippen molar-refractivity contribution in [3.05, 3.63) is 53.6 Å². The molecule has 1 aromatic heterocycles. The first-order chi connectivity index (χ1) is 11.7. The number of hydrogen-bond acceptors (Lipinski definition) is 4. The van der Waals surface area contributed by atoms with Crippen LogP contribution in [0.5, 0.6) is 5.75 Å². The molecule has 0 bridgehead atoms. The molecule has 0 spiro atoms. The molecule has 2 fully saturated rings. The van der Waals surface area contributed by atoms with E-state index in [4.69, 9.17) is 16.3 Å². The number of rotatable bonds is 3. The average Bonchev–Trinajstić information content (AvgIpc) is 3.19. The molecule has 1 aliphatic heterocycles. The Balaban J connectivity index is 1.45. The molecule has 6 heteroatoms. The zero-order valence-electron chi connectivity index (χ0n) is 13.1. The smallest absolute Gasteiger partial charge is 0.274 e. The van der Waals surface area contributed by atoms with Crippen molar-refractivity contribution in [3.8, 4) is 5.75 Å². The van der Waals surface area contributed by atoms with E-state index in [2.05, 4.69) is 9.97 Å². The van der Waals surface area contributed by atoms with E-state index in [9.17, 15) is 4.79 Å². The van der Waals surface area contributed by atoms with Crippen molar-refractivity contribution < 1.29 is 9.53 Å². The van der Waals surface area contributed by atoms with Gasteiger partial charge in [0.1, 0.15) is 17.5 Å². The summed E-state index contributed by atoms with van der Waals surface area (Å²) < 4.78 is 6.16. The van der Waals surface area contributed by atoms with E-state index in [0.717, 1.165) is 25.1 Å². The van der Waals surface area contributed by atoms with Gasteiger partial charge in [0.15, 0.2) is 0 Å². The minimum Gasteiger partial charge on any atom is -0.489 e. The number of aromatic nitrogens is 2. The maximum atomic E-state index is 12.6. The third-order valence-electron chi connectivity index (χ3n) is 4.98. The highest BCUT2D eigenvalue weighted by atomic mass is 35.5. The molecule has 2 heterocycles. The van der Waals surface area contributed by atoms with Crippen LogP contribution in [-0.4, -0.2) is 40.0 Å². The van der Waals surface area contributed by atoms with Crippen LogP contribution in [0.15, 0.2) is 42.9 Å². The van der Waals surface area contributed by atoms with Gasteiger partial charge in [-0.25, -0.2) is 4.98 Å². The van der Waals surface area contributed by atoms with E-state index < -0.39 is 0 Å². The molecule has 1 amide bonds. The number of fused-ring (bicyclic) bond motifs is 1. The lowest BCUT2D eigenvalue weighted by atomic mass is 9.99. The molecule has 24 heavy (non-hydrogen) atoms. The van der Waals surface area contributed by atoms with Crippen LogP contribution in [0.4, 0.5) is 0 Å². The number of para-hydroxylation sites is 1. The molecule has 4 rings (SSSR count). The lowest BCUT2D eigenvalue weighted by Gasteiger charge is -2.22. The fourth-order valence-electron chi connectivity index (χ4n) is 3.80. The molecule has 3 atom stereocenters. The number of amides is 1. The third kappa shape index (κ3) is 2.84. The first kappa shape index (κ1) is 15.4. The van der Waals surface area contributed by atoms with Gasteiger partial charge < -0.3 is 9.64 Å². The van der Waals surface area contributed by atoms with E-state index in [-0.39, 0.29) is 12.0 Å². The fraction of sp³-hybridized carbons (Fsp3) is 0.389. The van der Waals surface area contributed by atoms with Crippen molar-refractivity contribution in [1.82, 2.24) is 14.9 Å². The van der Waals surface area contributed by atoms with Crippen molar-refractivity contribution in [2.45, 2.75) is 18.9 Å². The molecule has 2 aliphatic rings. The SMILES string of the molecule is O=C(c1cnccn1)N1C[C@@H]2CC[C@H](Oc3ccccc3Cl)[C@@H]2C1. The molecule has 0 radical (unpaired) electrons. The molecule has 5 nitrogen and oxygen atoms in total. The van der Waals surface area contributed by atoms with Crippen molar-refractivity contribution in [2.24, 2.45) is 11.8 Å². The predicted molar refractivity (Wildman–Crippen MR) is 90.0 cm³/mol. The Labute approximate surface area is 145 Å². The van der Waals surface area contributed by atoms with E-state index in [1.165, 1.54) is 6.20 Å². The summed E-state index contributed by atoms with van der Waals surface area (Å²) in [6.45, 7) is 1.47. The van der Waals surface area contributed by atoms with Crippen LogP contribution < -0.4 is 4.74 Å². The average molecular weight is 344 g/mol. The van der Waals surface area contributed by atoms with Gasteiger partial charge in [0, 0.05) is 31.4 Å². The number of benzene rings is 1. The quantitative estimate of drug-likeness (QED) is 0.859. The van der Waals surface area contributed by atoms with Crippen LogP contribution >= 0.6 is 11.6 Å². The molecule has 1 saturated heterocycles. The number of hydrogen-bond donors (Lipinski definition) is 0. The van der Waals surface area contributed by atoms with Crippen molar-refractivity contribution in [3.63, 3.8) is 0 Å². The van der Waals surface area contributed by atoms with Crippen LogP contribution in [0.1, 0.15) is 23.3 Å². The van der Waals surface area contributed by atoms with E-state index in [1.807, 2.05) is 29.2 Å². The minimum atomic E-state index is -0.0472. The molecule has 0 N–H and O–H groups in total. The lowest BCUT2D eigenvalue weighted by Crippen LogP contribution is -2.33. The molecule has 124 valence electrons. The summed E-state index contributed by atoms with van der Waals surface area (Å²) in [6, 6.07) is 7.55. The van der Waals surface area contributed by atoms with Gasteiger partial charge in [-0.05, 0) is 30.9 Å². The molecule has 2 aromatic rings. The number of ether oxygens (including phenoxy) is 1. The zero-order chi connectivity index (χ0) is 16.5. The Morgan fingerprint density at radius 2 is 2.08 bits per heavy atom. The Kier molecular flexibility index (Phi) is 4.10. The van der Waals surface area contributed by atoms with Crippen LogP contribution in [0.25, 0.3) is 0 Å². The zero-order valence-corrected chi connectivity index (χ0v) is 13.9. The van der Waals surface area contributed by atoms with Gasteiger partial charge in [-0.3, -0.25) is 9.78 Å². The first-order valence-corrected chi connectivity index (χ1v) is 8.56. The Morgan fingerprint density at radius 3 is 2.88 bits per heavy atom. The molecular formula is C18H18ClN3O2. The van der Waals surface area contributed by atoms with Crippen molar-refractivity contribution in [2.75, 3.05) is 13.1 Å². The van der Waals surface area contributed by atoms with Gasteiger partial charge in [-0.15, -0.1) is 0 Å². The van der Waals surface area contributed by atoms with Gasteiger partial charge >= 0.3 is 0 Å². The summed E-state index contributed by atoms with van der Waals surface area (Å²) in [5, 5.41) is 0.631. The normalized spacial score (nSPS) is 25.5. The number of likely N-dealkylation sites (tertiary alicyclic amines) is 1. The van der Waals surface area contributed by atoms with Gasteiger partial charge in [0.05, 0.1) is 11.2 Å². The highest BCUT2D eigenvalue weighted by molar-refractivity contribution is 6.32. The van der Waals surface area contributed by atoms with Crippen molar-refractivity contribution in [1.29, 1.82) is 0 Å². The maximum absolute atomic E-state index is 12.6. The highest BCUT2D eigenvalue weighted by Crippen LogP contribution is 2.41. The van der Waals surface area contributed by atoms with Crippen LogP contribution in [-0.2, 0) is 0 Å². The Bertz CT molecular complexity index is 740. The Morgan fingerprint density at radius 1 is 1.21 bits per heavy atom. The summed E-state index contributed by atoms with van der Waals surface area (Å²) in [5.41, 5.74) is 0.404. The molecule has 1 aromatic carbocycles. The number of carbonyl (C=O) groups excluding carboxylic acids is 1. The van der Waals surface area contributed by atoms with Gasteiger partial charge in [0.25, 0.3) is 5.91 Å². The molecule has 0 unspecified atom stereocenters. The largest absolute Gasteiger partial charge is 0.489 e. The van der Waals surface area contributed by atoms with Gasteiger partial charge in [0.2, 0.25) is 0 Å². The summed E-state index contributed by atoms with van der Waals surface area (Å²) in [5.74, 6) is 1.51. The van der Waals surface area contributed by atoms with Crippen LogP contribution in [0.2, 0.25) is 5.02 Å². The topological polar surface area (TPSA) is 55.3 Å². The second kappa shape index (κ2) is 6.40. The minimum absolute atomic E-state index is 0.0472. The maximum Gasteiger partial charge on any atom is 0.274 e. The predicted octanol–water partition coefficient (Wildman–Crippen LogP) is 3.06. The first-order valence-electron chi connectivity index (χ1n) is 8.19. The summed E-state index contributed by atoms with van der Waals surface area (Å²) in [7, 11) is 0. The van der Waals surface area contributed by atoms with Crippen LogP contribution in [0.3, 0.4) is 0 Å². The van der Waals surface area contributed by atoms with Crippen LogP contribution in [0, 0.1) is 11.8 Å². The second-order valence-electron chi connectivity index (χ2n) is 6.39. The number of nitrogens with zero attached hydrogens (tertiary/aromatic N) is 3. The summed E-state index contributed by atoms with van der Waals surface area (Å²) in [4.78, 5) is 22.5. The second-order valence-corrected chi connectivity index (χ2v) is 6.80. The highest BCUT2D eigenvalue weighted by Gasteiger charge is 2.45. The van der Waals surface area contributed by atoms with E-state index >= 15 is 0 Å². The Hall–Kier alpha value is -2.14. The molecule has 1 aliphatic carbocycles. The lowest BCUT2D eigenvalue weighted by molar-refractivity contribution is 0.0756. The van der Waals surface area contributed by atoms with E-state index in [0.29, 0.717) is 29.1 Å². The number of carbonyl (C=O) groups is 1. The monoisotopic (exact) mass is 343 g/mol. The van der Waals surface area contributed by atoms with Gasteiger partial charge in [-0.2, -0.15) is 0 Å². The molecular weight excluding hydrogens is 326 g/mol. The van der Waals surface area contributed by atoms with Gasteiger partial charge in [-0.1, -0.05) is 23.7 Å². The molecule has 1 saturated carbocycles. The fourth-order valence-corrected chi connectivity index (χ4v) is 3.98. The summed E-state index contributed by atoms with van der Waals surface area (Å²) >= 11 is 6.20. The third-order valence-corrected chi connectivity index (χ3v) is 5.29. The standard InChI is InChI=1S/C18H18ClN3O2/c19-14-3-1-2-4-17(14)24-16-6-5-12-10-22(11-13(12)16)18(23)15-9-20-7-8-21-15/h1-4,7-9,12-13,16H,5-6,10-11H2/t12-,13+,16-/m0/s1. The van der Waals surface area contributed by atoms with E-state index in [1.54, 1.807) is 12.4 Å². The van der Waals surface area contributed by atoms with Crippen molar-refractivity contribution >= 4 is 17.5 Å². The number of halogens is 1.